The predicted molar refractivity (Wildman–Crippen MR) is 147 cm³/mol. The summed E-state index contributed by atoms with van der Waals surface area (Å²) in [4.78, 5) is 0. The highest BCUT2D eigenvalue weighted by atomic mass is 19.4. The average Bonchev–Trinajstić information content (AvgIpc) is 2.92. The molecule has 3 fully saturated rings. The lowest BCUT2D eigenvalue weighted by molar-refractivity contribution is -0.0696. The van der Waals surface area contributed by atoms with Gasteiger partial charge in [0.2, 0.25) is 0 Å². The third kappa shape index (κ3) is 6.66. The SMILES string of the molecule is CCCCCC1CCC(C2CCC3CC(c4cc(F)c5c(F)c(C#CC(F)(F)F)c(F)cc5c4)CCC3C2)CC1. The molecule has 0 spiro atoms. The molecule has 4 unspecified atom stereocenters. The van der Waals surface area contributed by atoms with E-state index < -0.39 is 34.6 Å². The normalized spacial score (nSPS) is 29.1. The van der Waals surface area contributed by atoms with Crippen molar-refractivity contribution >= 4 is 10.8 Å². The van der Waals surface area contributed by atoms with E-state index in [4.69, 9.17) is 0 Å². The Morgan fingerprint density at radius 2 is 1.40 bits per heavy atom. The Bertz CT molecular complexity index is 1240. The van der Waals surface area contributed by atoms with Gasteiger partial charge in [0.15, 0.2) is 5.82 Å². The predicted octanol–water partition coefficient (Wildman–Crippen LogP) is 10.9. The minimum Gasteiger partial charge on any atom is -0.206 e. The van der Waals surface area contributed by atoms with E-state index in [9.17, 15) is 22.0 Å². The van der Waals surface area contributed by atoms with Crippen LogP contribution in [0.1, 0.15) is 114 Å². The van der Waals surface area contributed by atoms with Crippen LogP contribution in [0.4, 0.5) is 26.3 Å². The van der Waals surface area contributed by atoms with Crippen molar-refractivity contribution in [3.8, 4) is 11.8 Å². The van der Waals surface area contributed by atoms with Gasteiger partial charge in [-0.2, -0.15) is 13.2 Å². The molecular weight excluding hydrogens is 522 g/mol. The average molecular weight is 563 g/mol. The zero-order valence-corrected chi connectivity index (χ0v) is 23.4. The summed E-state index contributed by atoms with van der Waals surface area (Å²) < 4.78 is 81.9. The minimum atomic E-state index is -4.90. The van der Waals surface area contributed by atoms with E-state index in [1.165, 1.54) is 82.6 Å². The molecule has 218 valence electrons. The molecule has 4 atom stereocenters. The molecular formula is C34H40F6. The van der Waals surface area contributed by atoms with Gasteiger partial charge >= 0.3 is 6.18 Å². The molecule has 0 N–H and O–H groups in total. The summed E-state index contributed by atoms with van der Waals surface area (Å²) in [7, 11) is 0. The van der Waals surface area contributed by atoms with Gasteiger partial charge in [0.1, 0.15) is 11.6 Å². The fourth-order valence-corrected chi connectivity index (χ4v) is 8.21. The van der Waals surface area contributed by atoms with Gasteiger partial charge in [-0.05, 0) is 110 Å². The Labute approximate surface area is 234 Å². The molecule has 0 radical (unpaired) electrons. The Kier molecular flexibility index (Phi) is 9.08. The summed E-state index contributed by atoms with van der Waals surface area (Å²) in [5.74, 6) is 2.93. The molecule has 6 heteroatoms. The first-order valence-corrected chi connectivity index (χ1v) is 15.3. The number of hydrogen-bond donors (Lipinski definition) is 0. The topological polar surface area (TPSA) is 0 Å². The van der Waals surface area contributed by atoms with Gasteiger partial charge in [-0.15, -0.1) is 0 Å². The van der Waals surface area contributed by atoms with E-state index in [1.54, 1.807) is 6.07 Å². The molecule has 0 aromatic heterocycles. The second-order valence-corrected chi connectivity index (χ2v) is 12.8. The van der Waals surface area contributed by atoms with Gasteiger partial charge in [-0.3, -0.25) is 0 Å². The highest BCUT2D eigenvalue weighted by Crippen LogP contribution is 2.51. The Balaban J connectivity index is 1.23. The number of alkyl halides is 3. The maximum Gasteiger partial charge on any atom is 0.458 e. The van der Waals surface area contributed by atoms with Crippen LogP contribution >= 0.6 is 0 Å². The molecule has 40 heavy (non-hydrogen) atoms. The second kappa shape index (κ2) is 12.4. The highest BCUT2D eigenvalue weighted by Gasteiger charge is 2.39. The molecule has 3 saturated carbocycles. The van der Waals surface area contributed by atoms with E-state index in [0.717, 1.165) is 54.6 Å². The third-order valence-corrected chi connectivity index (χ3v) is 10.3. The minimum absolute atomic E-state index is 0.0266. The van der Waals surface area contributed by atoms with Crippen molar-refractivity contribution in [1.82, 2.24) is 0 Å². The number of unbranched alkanes of at least 4 members (excludes halogenated alkanes) is 2. The van der Waals surface area contributed by atoms with E-state index in [2.05, 4.69) is 6.92 Å². The summed E-state index contributed by atoms with van der Waals surface area (Å²) in [5.41, 5.74) is -0.335. The quantitative estimate of drug-likeness (QED) is 0.187. The Morgan fingerprint density at radius 3 is 2.10 bits per heavy atom. The molecule has 0 aliphatic heterocycles. The molecule has 0 bridgehead atoms. The number of hydrogen-bond acceptors (Lipinski definition) is 0. The number of halogens is 6. The standard InChI is InChI=1S/C34H40F6/c1-2-3-4-5-21-6-8-22(9-7-21)23-10-11-25-17-26(13-12-24(25)16-23)27-18-28-20-30(35)29(14-15-34(38,39)40)33(37)32(28)31(36)19-27/h18-26H,2-13,16-17H2,1H3. The van der Waals surface area contributed by atoms with Crippen LogP contribution in [-0.4, -0.2) is 6.18 Å². The van der Waals surface area contributed by atoms with Gasteiger partial charge < -0.3 is 0 Å². The summed E-state index contributed by atoms with van der Waals surface area (Å²) in [6.07, 6.45) is 12.8. The molecule has 0 nitrogen and oxygen atoms in total. The number of fused-ring (bicyclic) bond motifs is 2. The van der Waals surface area contributed by atoms with Crippen molar-refractivity contribution < 1.29 is 26.3 Å². The van der Waals surface area contributed by atoms with Gasteiger partial charge in [0, 0.05) is 5.92 Å². The summed E-state index contributed by atoms with van der Waals surface area (Å²) in [5, 5.41) is -0.482. The fraction of sp³-hybridized carbons (Fsp3) is 0.647. The lowest BCUT2D eigenvalue weighted by atomic mass is 9.60. The molecule has 0 amide bonds. The molecule has 2 aromatic carbocycles. The van der Waals surface area contributed by atoms with E-state index in [0.29, 0.717) is 11.8 Å². The molecule has 0 saturated heterocycles. The first kappa shape index (κ1) is 29.3. The van der Waals surface area contributed by atoms with Gasteiger partial charge in [-0.25, -0.2) is 13.2 Å². The molecule has 3 aliphatic rings. The van der Waals surface area contributed by atoms with Crippen molar-refractivity contribution in [3.05, 3.63) is 46.8 Å². The smallest absolute Gasteiger partial charge is 0.206 e. The first-order valence-electron chi connectivity index (χ1n) is 15.3. The van der Waals surface area contributed by atoms with Crippen LogP contribution in [0.2, 0.25) is 0 Å². The van der Waals surface area contributed by atoms with Crippen LogP contribution in [0.15, 0.2) is 18.2 Å². The van der Waals surface area contributed by atoms with Crippen molar-refractivity contribution in [2.75, 3.05) is 0 Å². The second-order valence-electron chi connectivity index (χ2n) is 12.8. The third-order valence-electron chi connectivity index (χ3n) is 10.3. The fourth-order valence-electron chi connectivity index (χ4n) is 8.21. The summed E-state index contributed by atoms with van der Waals surface area (Å²) >= 11 is 0. The first-order chi connectivity index (χ1) is 19.1. The van der Waals surface area contributed by atoms with Crippen LogP contribution in [0.5, 0.6) is 0 Å². The monoisotopic (exact) mass is 562 g/mol. The van der Waals surface area contributed by atoms with Crippen molar-refractivity contribution in [3.63, 3.8) is 0 Å². The highest BCUT2D eigenvalue weighted by molar-refractivity contribution is 5.86. The van der Waals surface area contributed by atoms with E-state index >= 15 is 4.39 Å². The maximum absolute atomic E-state index is 15.1. The molecule has 5 rings (SSSR count). The van der Waals surface area contributed by atoms with Crippen LogP contribution in [-0.2, 0) is 0 Å². The zero-order chi connectivity index (χ0) is 28.4. The number of benzene rings is 2. The van der Waals surface area contributed by atoms with Crippen LogP contribution in [0, 0.1) is 58.9 Å². The lowest BCUT2D eigenvalue weighted by Crippen LogP contribution is -2.34. The molecule has 3 aliphatic carbocycles. The Morgan fingerprint density at radius 1 is 0.750 bits per heavy atom. The van der Waals surface area contributed by atoms with E-state index in [-0.39, 0.29) is 11.3 Å². The van der Waals surface area contributed by atoms with E-state index in [1.807, 2.05) is 0 Å². The molecule has 0 heterocycles. The summed E-state index contributed by atoms with van der Waals surface area (Å²) in [6, 6.07) is 3.81. The van der Waals surface area contributed by atoms with Crippen molar-refractivity contribution in [1.29, 1.82) is 0 Å². The molecule has 2 aromatic rings. The largest absolute Gasteiger partial charge is 0.458 e. The van der Waals surface area contributed by atoms with Gasteiger partial charge in [0.25, 0.3) is 0 Å². The van der Waals surface area contributed by atoms with Gasteiger partial charge in [-0.1, -0.05) is 57.4 Å². The zero-order valence-electron chi connectivity index (χ0n) is 23.4. The number of rotatable bonds is 6. The van der Waals surface area contributed by atoms with Crippen molar-refractivity contribution in [2.24, 2.45) is 29.6 Å². The lowest BCUT2D eigenvalue weighted by Gasteiger charge is -2.45. The van der Waals surface area contributed by atoms with Crippen molar-refractivity contribution in [2.45, 2.75) is 109 Å². The maximum atomic E-state index is 15.1. The summed E-state index contributed by atoms with van der Waals surface area (Å²) in [6.45, 7) is 2.27. The van der Waals surface area contributed by atoms with Crippen LogP contribution in [0.3, 0.4) is 0 Å². The van der Waals surface area contributed by atoms with Crippen LogP contribution < -0.4 is 0 Å². The van der Waals surface area contributed by atoms with Gasteiger partial charge in [0.05, 0.1) is 10.9 Å². The van der Waals surface area contributed by atoms with Crippen LogP contribution in [0.25, 0.3) is 10.8 Å². The Hall–Kier alpha value is -2.16.